The van der Waals surface area contributed by atoms with Gasteiger partial charge in [-0.2, -0.15) is 0 Å². The van der Waals surface area contributed by atoms with E-state index in [0.717, 1.165) is 6.20 Å². The van der Waals surface area contributed by atoms with Crippen LogP contribution in [-0.4, -0.2) is 28.0 Å². The molecule has 3 aromatic rings. The molecule has 7 nitrogen and oxygen atoms in total. The average Bonchev–Trinajstić information content (AvgIpc) is 2.54. The zero-order valence-corrected chi connectivity index (χ0v) is 11.6. The van der Waals surface area contributed by atoms with Crippen molar-refractivity contribution in [2.24, 2.45) is 0 Å². The minimum absolute atomic E-state index is 0.328. The lowest BCUT2D eigenvalue weighted by Crippen LogP contribution is -2.06. The molecule has 0 saturated heterocycles. The molecule has 0 aliphatic carbocycles. The van der Waals surface area contributed by atoms with Gasteiger partial charge in [0, 0.05) is 12.3 Å². The standard InChI is InChI=1S/C15H11N3O4/c1-21-15(20)9-3-2-4-10(7-9)22-11-5-6-16-14-13(11)17-8-12(19)18-14/h2-8H,1H3,(H,16,18,19). The van der Waals surface area contributed by atoms with Gasteiger partial charge in [0.05, 0.1) is 18.9 Å². The van der Waals surface area contributed by atoms with Crippen molar-refractivity contribution < 1.29 is 14.3 Å². The Kier molecular flexibility index (Phi) is 3.53. The van der Waals surface area contributed by atoms with Crippen molar-refractivity contribution in [3.05, 3.63) is 58.6 Å². The van der Waals surface area contributed by atoms with Crippen LogP contribution in [0.5, 0.6) is 11.5 Å². The van der Waals surface area contributed by atoms with Crippen LogP contribution in [0, 0.1) is 0 Å². The number of rotatable bonds is 3. The van der Waals surface area contributed by atoms with Crippen molar-refractivity contribution in [1.29, 1.82) is 0 Å². The van der Waals surface area contributed by atoms with Gasteiger partial charge < -0.3 is 14.5 Å². The number of carbonyl (C=O) groups excluding carboxylic acids is 1. The van der Waals surface area contributed by atoms with Crippen LogP contribution in [0.2, 0.25) is 0 Å². The zero-order valence-electron chi connectivity index (χ0n) is 11.6. The first-order valence-corrected chi connectivity index (χ1v) is 6.37. The minimum Gasteiger partial charge on any atom is -0.465 e. The molecule has 0 radical (unpaired) electrons. The molecule has 0 saturated carbocycles. The van der Waals surface area contributed by atoms with E-state index in [1.807, 2.05) is 0 Å². The highest BCUT2D eigenvalue weighted by molar-refractivity contribution is 5.89. The maximum Gasteiger partial charge on any atom is 0.337 e. The number of H-pyrrole nitrogens is 1. The summed E-state index contributed by atoms with van der Waals surface area (Å²) in [6, 6.07) is 8.19. The highest BCUT2D eigenvalue weighted by Gasteiger charge is 2.09. The van der Waals surface area contributed by atoms with Gasteiger partial charge in [-0.15, -0.1) is 0 Å². The molecule has 0 spiro atoms. The number of nitrogens with zero attached hydrogens (tertiary/aromatic N) is 2. The third kappa shape index (κ3) is 2.64. The zero-order chi connectivity index (χ0) is 15.5. The van der Waals surface area contributed by atoms with E-state index in [-0.39, 0.29) is 5.56 Å². The second-order valence-corrected chi connectivity index (χ2v) is 4.38. The highest BCUT2D eigenvalue weighted by Crippen LogP contribution is 2.26. The van der Waals surface area contributed by atoms with Crippen LogP contribution in [0.4, 0.5) is 0 Å². The fourth-order valence-corrected chi connectivity index (χ4v) is 1.94. The van der Waals surface area contributed by atoms with Gasteiger partial charge in [-0.05, 0) is 18.2 Å². The Morgan fingerprint density at radius 3 is 2.91 bits per heavy atom. The Hall–Kier alpha value is -3.22. The van der Waals surface area contributed by atoms with E-state index in [2.05, 4.69) is 19.7 Å². The van der Waals surface area contributed by atoms with Crippen LogP contribution in [0.15, 0.2) is 47.5 Å². The van der Waals surface area contributed by atoms with Crippen molar-refractivity contribution in [2.75, 3.05) is 7.11 Å². The summed E-state index contributed by atoms with van der Waals surface area (Å²) in [5.74, 6) is 0.416. The average molecular weight is 297 g/mol. The molecular formula is C15H11N3O4. The van der Waals surface area contributed by atoms with Crippen LogP contribution in [-0.2, 0) is 4.74 Å². The SMILES string of the molecule is COC(=O)c1cccc(Oc2ccnc3[nH]c(=O)cnc23)c1. The van der Waals surface area contributed by atoms with E-state index in [0.29, 0.717) is 28.2 Å². The molecule has 7 heteroatoms. The number of esters is 1. The van der Waals surface area contributed by atoms with E-state index in [9.17, 15) is 9.59 Å². The Morgan fingerprint density at radius 2 is 2.09 bits per heavy atom. The van der Waals surface area contributed by atoms with E-state index >= 15 is 0 Å². The largest absolute Gasteiger partial charge is 0.465 e. The summed E-state index contributed by atoms with van der Waals surface area (Å²) < 4.78 is 10.4. The fraction of sp³-hybridized carbons (Fsp3) is 0.0667. The first-order valence-electron chi connectivity index (χ1n) is 6.37. The molecule has 1 aromatic carbocycles. The normalized spacial score (nSPS) is 10.4. The lowest BCUT2D eigenvalue weighted by Gasteiger charge is -2.08. The van der Waals surface area contributed by atoms with Crippen LogP contribution in [0.3, 0.4) is 0 Å². The van der Waals surface area contributed by atoms with Crippen LogP contribution in [0.25, 0.3) is 11.2 Å². The number of fused-ring (bicyclic) bond motifs is 1. The predicted molar refractivity (Wildman–Crippen MR) is 78.0 cm³/mol. The number of hydrogen-bond acceptors (Lipinski definition) is 6. The summed E-state index contributed by atoms with van der Waals surface area (Å²) in [6.07, 6.45) is 2.65. The second-order valence-electron chi connectivity index (χ2n) is 4.38. The van der Waals surface area contributed by atoms with Crippen molar-refractivity contribution in [3.63, 3.8) is 0 Å². The smallest absolute Gasteiger partial charge is 0.337 e. The minimum atomic E-state index is -0.451. The number of benzene rings is 1. The van der Waals surface area contributed by atoms with Gasteiger partial charge in [-0.1, -0.05) is 6.07 Å². The van der Waals surface area contributed by atoms with Gasteiger partial charge >= 0.3 is 5.97 Å². The summed E-state index contributed by atoms with van der Waals surface area (Å²) in [5, 5.41) is 0. The number of ether oxygens (including phenoxy) is 2. The first-order chi connectivity index (χ1) is 10.7. The molecule has 0 bridgehead atoms. The van der Waals surface area contributed by atoms with Crippen LogP contribution >= 0.6 is 0 Å². The van der Waals surface area contributed by atoms with Gasteiger partial charge in [0.1, 0.15) is 11.3 Å². The fourth-order valence-electron chi connectivity index (χ4n) is 1.94. The molecule has 0 amide bonds. The molecular weight excluding hydrogens is 286 g/mol. The highest BCUT2D eigenvalue weighted by atomic mass is 16.5. The van der Waals surface area contributed by atoms with Gasteiger partial charge in [0.25, 0.3) is 5.56 Å². The van der Waals surface area contributed by atoms with Crippen molar-refractivity contribution in [3.8, 4) is 11.5 Å². The number of pyridine rings is 1. The molecule has 1 N–H and O–H groups in total. The van der Waals surface area contributed by atoms with E-state index < -0.39 is 5.97 Å². The monoisotopic (exact) mass is 297 g/mol. The Bertz CT molecular complexity index is 904. The summed E-state index contributed by atoms with van der Waals surface area (Å²) >= 11 is 0. The summed E-state index contributed by atoms with van der Waals surface area (Å²) in [4.78, 5) is 33.4. The van der Waals surface area contributed by atoms with Crippen molar-refractivity contribution in [2.45, 2.75) is 0 Å². The van der Waals surface area contributed by atoms with Gasteiger partial charge in [0.2, 0.25) is 0 Å². The van der Waals surface area contributed by atoms with E-state index in [1.165, 1.54) is 13.3 Å². The molecule has 0 atom stereocenters. The lowest BCUT2D eigenvalue weighted by molar-refractivity contribution is 0.0600. The molecule has 0 unspecified atom stereocenters. The molecule has 0 aliphatic heterocycles. The molecule has 2 aromatic heterocycles. The van der Waals surface area contributed by atoms with Crippen LogP contribution in [0.1, 0.15) is 10.4 Å². The third-order valence-corrected chi connectivity index (χ3v) is 2.92. The lowest BCUT2D eigenvalue weighted by atomic mass is 10.2. The Morgan fingerprint density at radius 1 is 1.23 bits per heavy atom. The van der Waals surface area contributed by atoms with Crippen molar-refractivity contribution in [1.82, 2.24) is 15.0 Å². The number of aromatic nitrogens is 3. The molecule has 3 rings (SSSR count). The first kappa shape index (κ1) is 13.7. The summed E-state index contributed by atoms with van der Waals surface area (Å²) in [5.41, 5.74) is 0.782. The molecule has 22 heavy (non-hydrogen) atoms. The number of carbonyl (C=O) groups is 1. The Balaban J connectivity index is 2.00. The van der Waals surface area contributed by atoms with Crippen molar-refractivity contribution >= 4 is 17.1 Å². The number of nitrogens with one attached hydrogen (secondary N) is 1. The summed E-state index contributed by atoms with van der Waals surface area (Å²) in [7, 11) is 1.31. The van der Waals surface area contributed by atoms with Crippen LogP contribution < -0.4 is 10.3 Å². The summed E-state index contributed by atoms with van der Waals surface area (Å²) in [6.45, 7) is 0. The topological polar surface area (TPSA) is 94.2 Å². The van der Waals surface area contributed by atoms with E-state index in [1.54, 1.807) is 30.3 Å². The van der Waals surface area contributed by atoms with E-state index in [4.69, 9.17) is 4.74 Å². The Labute approximate surface area is 124 Å². The van der Waals surface area contributed by atoms with Gasteiger partial charge in [-0.3, -0.25) is 4.79 Å². The molecule has 0 fully saturated rings. The molecule has 110 valence electrons. The third-order valence-electron chi connectivity index (χ3n) is 2.92. The molecule has 0 aliphatic rings. The number of methoxy groups -OCH3 is 1. The predicted octanol–water partition coefficient (Wildman–Crippen LogP) is 1.90. The van der Waals surface area contributed by atoms with Gasteiger partial charge in [-0.25, -0.2) is 14.8 Å². The second kappa shape index (κ2) is 5.65. The maximum absolute atomic E-state index is 11.5. The number of aromatic amines is 1. The quantitative estimate of drug-likeness (QED) is 0.742. The number of hydrogen-bond donors (Lipinski definition) is 1. The maximum atomic E-state index is 11.5. The molecule has 2 heterocycles. The van der Waals surface area contributed by atoms with Gasteiger partial charge in [0.15, 0.2) is 11.4 Å².